The molecule has 2 heterocycles. The summed E-state index contributed by atoms with van der Waals surface area (Å²) in [5.74, 6) is -0.469. The summed E-state index contributed by atoms with van der Waals surface area (Å²) in [4.78, 5) is 17.1. The van der Waals surface area contributed by atoms with E-state index >= 15 is 0 Å². The second-order valence-electron chi connectivity index (χ2n) is 13.6. The first-order chi connectivity index (χ1) is 25.2. The lowest BCUT2D eigenvalue weighted by atomic mass is 9.75. The van der Waals surface area contributed by atoms with Crippen molar-refractivity contribution in [2.75, 3.05) is 0 Å². The van der Waals surface area contributed by atoms with Gasteiger partial charge in [0.15, 0.2) is 11.9 Å². The van der Waals surface area contributed by atoms with Crippen molar-refractivity contribution in [3.63, 3.8) is 0 Å². The second-order valence-corrected chi connectivity index (χ2v) is 13.6. The molecule has 0 fully saturated rings. The minimum Gasteiger partial charge on any atom is -0.477 e. The average molecular weight is 691 g/mol. The van der Waals surface area contributed by atoms with Crippen LogP contribution in [-0.2, 0) is 24.1 Å². The van der Waals surface area contributed by atoms with Crippen molar-refractivity contribution in [1.29, 1.82) is 0 Å². The van der Waals surface area contributed by atoms with Gasteiger partial charge in [0.1, 0.15) is 22.7 Å². The van der Waals surface area contributed by atoms with Crippen LogP contribution in [0.25, 0.3) is 11.1 Å². The van der Waals surface area contributed by atoms with Gasteiger partial charge in [-0.2, -0.15) is 5.01 Å². The van der Waals surface area contributed by atoms with Crippen molar-refractivity contribution in [2.24, 2.45) is 10.3 Å². The van der Waals surface area contributed by atoms with Crippen molar-refractivity contribution in [3.05, 3.63) is 185 Å². The van der Waals surface area contributed by atoms with Crippen LogP contribution in [0, 0.1) is 0 Å². The van der Waals surface area contributed by atoms with Crippen LogP contribution in [0.15, 0.2) is 150 Å². The third-order valence-electron chi connectivity index (χ3n) is 9.65. The van der Waals surface area contributed by atoms with E-state index in [9.17, 15) is 15.0 Å². The lowest BCUT2D eigenvalue weighted by molar-refractivity contribution is 0.0602. The Morgan fingerprint density at radius 2 is 1.31 bits per heavy atom. The Kier molecular flexibility index (Phi) is 9.55. The van der Waals surface area contributed by atoms with Crippen LogP contribution < -0.4 is 5.53 Å². The molecule has 0 saturated heterocycles. The number of hydrogen-bond acceptors (Lipinski definition) is 7. The zero-order valence-corrected chi connectivity index (χ0v) is 29.5. The van der Waals surface area contributed by atoms with Gasteiger partial charge in [0.05, 0.1) is 0 Å². The summed E-state index contributed by atoms with van der Waals surface area (Å²) in [5.41, 5.74) is 8.38. The number of aliphatic hydroxyl groups is 1. The van der Waals surface area contributed by atoms with Gasteiger partial charge in [0.2, 0.25) is 0 Å². The summed E-state index contributed by atoms with van der Waals surface area (Å²) in [6.45, 7) is 5.47. The first kappa shape index (κ1) is 34.5. The molecular weight excluding hydrogens is 649 g/mol. The summed E-state index contributed by atoms with van der Waals surface area (Å²) in [5, 5.41) is 32.4. The van der Waals surface area contributed by atoms with Crippen LogP contribution in [0.3, 0.4) is 0 Å². The highest BCUT2D eigenvalue weighted by Gasteiger charge is 2.48. The minimum absolute atomic E-state index is 0.0169. The van der Waals surface area contributed by atoms with Gasteiger partial charge in [-0.05, 0) is 53.6 Å². The molecule has 3 N–H and O–H groups in total. The molecular formula is C43H42N6O3. The molecule has 1 unspecified atom stereocenters. The van der Waals surface area contributed by atoms with Gasteiger partial charge in [0, 0.05) is 18.5 Å². The number of nitrogens with one attached hydrogen (secondary N) is 1. The number of imidazole rings is 1. The topological polar surface area (TPSA) is 115 Å². The first-order valence-corrected chi connectivity index (χ1v) is 17.6. The fourth-order valence-electron chi connectivity index (χ4n) is 7.33. The fourth-order valence-corrected chi connectivity index (χ4v) is 7.33. The largest absolute Gasteiger partial charge is 0.477 e. The van der Waals surface area contributed by atoms with E-state index in [4.69, 9.17) is 5.11 Å². The number of aryl methyl sites for hydroxylation is 1. The number of aromatic carboxylic acids is 1. The molecule has 0 bridgehead atoms. The zero-order chi connectivity index (χ0) is 36.3. The molecule has 9 heteroatoms. The predicted molar refractivity (Wildman–Crippen MR) is 201 cm³/mol. The molecule has 262 valence electrons. The molecule has 0 spiro atoms. The molecule has 7 rings (SSSR count). The summed E-state index contributed by atoms with van der Waals surface area (Å²) >= 11 is 0. The van der Waals surface area contributed by atoms with Crippen LogP contribution in [-0.4, -0.2) is 30.7 Å². The lowest BCUT2D eigenvalue weighted by Gasteiger charge is -2.44. The number of hydrazine groups is 1. The van der Waals surface area contributed by atoms with Gasteiger partial charge >= 0.3 is 5.97 Å². The third kappa shape index (κ3) is 6.29. The number of aromatic nitrogens is 2. The summed E-state index contributed by atoms with van der Waals surface area (Å²) in [6, 6.07) is 47.7. The normalized spacial score (nSPS) is 14.7. The summed E-state index contributed by atoms with van der Waals surface area (Å²) in [7, 11) is 0. The number of carboxylic acid groups (broad SMARTS) is 1. The van der Waals surface area contributed by atoms with Crippen LogP contribution in [0.1, 0.15) is 83.2 Å². The van der Waals surface area contributed by atoms with Crippen molar-refractivity contribution < 1.29 is 15.0 Å². The van der Waals surface area contributed by atoms with Gasteiger partial charge in [-0.3, -0.25) is 0 Å². The first-order valence-electron chi connectivity index (χ1n) is 17.6. The Hall–Kier alpha value is -5.90. The van der Waals surface area contributed by atoms with E-state index in [-0.39, 0.29) is 11.4 Å². The number of carboxylic acids is 1. The van der Waals surface area contributed by atoms with E-state index in [0.717, 1.165) is 45.4 Å². The fraction of sp³-hybridized carbons (Fsp3) is 0.209. The van der Waals surface area contributed by atoms with Crippen LogP contribution in [0.2, 0.25) is 0 Å². The molecule has 0 saturated carbocycles. The second kappa shape index (κ2) is 14.4. The molecule has 0 radical (unpaired) electrons. The molecule has 0 amide bonds. The Labute approximate surface area is 303 Å². The Morgan fingerprint density at radius 1 is 0.769 bits per heavy atom. The molecule has 1 aliphatic rings. The SMILES string of the molecule is CCCc1nc(C(C)(C)O)c(C(=O)O)n1Cc1ccc(-c2ccccc2C2N=NNN2C(c2ccccc2)(c2ccccc2)c2ccccc2)cc1. The Bertz CT molecular complexity index is 2080. The smallest absolute Gasteiger partial charge is 0.354 e. The molecule has 6 aromatic rings. The molecule has 52 heavy (non-hydrogen) atoms. The number of hydrogen-bond donors (Lipinski definition) is 3. The minimum atomic E-state index is -1.39. The van der Waals surface area contributed by atoms with Gasteiger partial charge < -0.3 is 14.8 Å². The van der Waals surface area contributed by atoms with Crippen molar-refractivity contribution in [2.45, 2.75) is 57.5 Å². The van der Waals surface area contributed by atoms with Crippen LogP contribution >= 0.6 is 0 Å². The van der Waals surface area contributed by atoms with E-state index in [2.05, 4.69) is 118 Å². The summed E-state index contributed by atoms with van der Waals surface area (Å²) in [6.07, 6.45) is 0.887. The van der Waals surface area contributed by atoms with Crippen LogP contribution in [0.5, 0.6) is 0 Å². The van der Waals surface area contributed by atoms with Crippen molar-refractivity contribution in [3.8, 4) is 11.1 Å². The zero-order valence-electron chi connectivity index (χ0n) is 29.5. The maximum atomic E-state index is 12.5. The van der Waals surface area contributed by atoms with Gasteiger partial charge in [-0.15, -0.1) is 5.11 Å². The molecule has 9 nitrogen and oxygen atoms in total. The number of nitrogens with zero attached hydrogens (tertiary/aromatic N) is 5. The molecule has 1 aliphatic heterocycles. The van der Waals surface area contributed by atoms with Gasteiger partial charge in [0.25, 0.3) is 0 Å². The van der Waals surface area contributed by atoms with E-state index in [1.54, 1.807) is 18.4 Å². The highest BCUT2D eigenvalue weighted by Crippen LogP contribution is 2.48. The maximum Gasteiger partial charge on any atom is 0.354 e. The quantitative estimate of drug-likeness (QED) is 0.111. The number of rotatable bonds is 12. The number of benzene rings is 5. The maximum absolute atomic E-state index is 12.5. The average Bonchev–Trinajstić information content (AvgIpc) is 3.80. The summed E-state index contributed by atoms with van der Waals surface area (Å²) < 4.78 is 1.72. The standard InChI is InChI=1S/C43H42N6O3/c1-4-16-37-44-39(42(2,3)52)38(41(50)51)48(37)29-30-25-27-31(28-26-30)35-23-14-15-24-36(35)40-45-46-47-49(40)43(32-17-8-5-9-18-32,33-19-10-6-11-20-33)34-21-12-7-13-22-34/h5-15,17-28,40,52H,4,16,29H2,1-3H3,(H,45,47)(H,50,51). The Morgan fingerprint density at radius 3 is 1.83 bits per heavy atom. The highest BCUT2D eigenvalue weighted by molar-refractivity contribution is 5.87. The van der Waals surface area contributed by atoms with Gasteiger partial charge in [-0.1, -0.05) is 152 Å². The number of carbonyl (C=O) groups is 1. The highest BCUT2D eigenvalue weighted by atomic mass is 16.4. The predicted octanol–water partition coefficient (Wildman–Crippen LogP) is 8.65. The van der Waals surface area contributed by atoms with E-state index in [1.165, 1.54) is 0 Å². The van der Waals surface area contributed by atoms with E-state index < -0.39 is 23.3 Å². The van der Waals surface area contributed by atoms with E-state index in [1.807, 2.05) is 49.4 Å². The molecule has 1 aromatic heterocycles. The Balaban J connectivity index is 1.30. The lowest BCUT2D eigenvalue weighted by Crippen LogP contribution is -2.52. The third-order valence-corrected chi connectivity index (χ3v) is 9.65. The molecule has 5 aromatic carbocycles. The van der Waals surface area contributed by atoms with Crippen molar-refractivity contribution >= 4 is 5.97 Å². The molecule has 0 aliphatic carbocycles. The monoisotopic (exact) mass is 690 g/mol. The van der Waals surface area contributed by atoms with E-state index in [0.29, 0.717) is 18.8 Å². The van der Waals surface area contributed by atoms with Crippen molar-refractivity contribution in [1.82, 2.24) is 20.1 Å². The van der Waals surface area contributed by atoms with Crippen LogP contribution in [0.4, 0.5) is 0 Å². The molecule has 1 atom stereocenters. The van der Waals surface area contributed by atoms with Gasteiger partial charge in [-0.25, -0.2) is 15.3 Å².